The van der Waals surface area contributed by atoms with Crippen LogP contribution in [0.15, 0.2) is 54.6 Å². The molecule has 0 aliphatic heterocycles. The van der Waals surface area contributed by atoms with Crippen LogP contribution >= 0.6 is 0 Å². The summed E-state index contributed by atoms with van der Waals surface area (Å²) in [4.78, 5) is 0. The van der Waals surface area contributed by atoms with Gasteiger partial charge in [-0.05, 0) is 30.2 Å². The first-order valence-corrected chi connectivity index (χ1v) is 8.78. The first-order chi connectivity index (χ1) is 10.5. The van der Waals surface area contributed by atoms with Gasteiger partial charge in [0.1, 0.15) is 12.4 Å². The van der Waals surface area contributed by atoms with E-state index in [9.17, 15) is 8.42 Å². The monoisotopic (exact) mass is 317 g/mol. The van der Waals surface area contributed by atoms with Gasteiger partial charge in [-0.3, -0.25) is 4.72 Å². The van der Waals surface area contributed by atoms with Gasteiger partial charge in [-0.25, -0.2) is 8.42 Å². The van der Waals surface area contributed by atoms with E-state index in [1.807, 2.05) is 55.5 Å². The second kappa shape index (κ2) is 7.13. The molecule has 0 heterocycles. The third-order valence-corrected chi connectivity index (χ3v) is 3.49. The van der Waals surface area contributed by atoms with Crippen LogP contribution in [0.3, 0.4) is 0 Å². The fraction of sp³-hybridized carbons (Fsp3) is 0.176. The van der Waals surface area contributed by atoms with Crippen LogP contribution in [-0.4, -0.2) is 14.7 Å². The summed E-state index contributed by atoms with van der Waals surface area (Å²) in [5, 5.41) is 0. The summed E-state index contributed by atoms with van der Waals surface area (Å²) in [5.41, 5.74) is 2.36. The highest BCUT2D eigenvalue weighted by atomic mass is 32.2. The molecule has 0 radical (unpaired) electrons. The van der Waals surface area contributed by atoms with Crippen LogP contribution in [0.25, 0.3) is 6.08 Å². The minimum Gasteiger partial charge on any atom is -0.487 e. The van der Waals surface area contributed by atoms with Crippen molar-refractivity contribution in [2.45, 2.75) is 13.5 Å². The van der Waals surface area contributed by atoms with Crippen molar-refractivity contribution in [1.29, 1.82) is 0 Å². The van der Waals surface area contributed by atoms with Crippen LogP contribution < -0.4 is 9.46 Å². The van der Waals surface area contributed by atoms with Crippen LogP contribution in [0, 0.1) is 0 Å². The molecule has 0 spiro atoms. The van der Waals surface area contributed by atoms with Gasteiger partial charge in [0.2, 0.25) is 10.0 Å². The zero-order valence-electron chi connectivity index (χ0n) is 12.6. The van der Waals surface area contributed by atoms with E-state index in [-0.39, 0.29) is 0 Å². The first kappa shape index (κ1) is 16.1. The average Bonchev–Trinajstić information content (AvgIpc) is 2.46. The topological polar surface area (TPSA) is 55.4 Å². The van der Waals surface area contributed by atoms with E-state index in [2.05, 4.69) is 4.72 Å². The minimum atomic E-state index is -3.37. The molecular formula is C17H19NO3S. The summed E-state index contributed by atoms with van der Waals surface area (Å²) in [6, 6.07) is 15.1. The molecule has 0 aromatic heterocycles. The Balaban J connectivity index is 2.25. The molecule has 0 fully saturated rings. The Morgan fingerprint density at radius 3 is 2.50 bits per heavy atom. The smallest absolute Gasteiger partial charge is 0.229 e. The lowest BCUT2D eigenvalue weighted by molar-refractivity contribution is 0.308. The highest BCUT2D eigenvalue weighted by molar-refractivity contribution is 7.92. The van der Waals surface area contributed by atoms with E-state index in [0.717, 1.165) is 17.4 Å². The SMILES string of the molecule is C/C=C/c1ccc(OCc2ccccc2)c(NS(C)(=O)=O)c1. The Hall–Kier alpha value is -2.27. The van der Waals surface area contributed by atoms with Gasteiger partial charge >= 0.3 is 0 Å². The fourth-order valence-corrected chi connectivity index (χ4v) is 2.54. The summed E-state index contributed by atoms with van der Waals surface area (Å²) in [7, 11) is -3.37. The third kappa shape index (κ3) is 4.93. The molecule has 2 rings (SSSR count). The maximum Gasteiger partial charge on any atom is 0.229 e. The molecule has 0 bridgehead atoms. The molecule has 0 saturated heterocycles. The molecule has 116 valence electrons. The van der Waals surface area contributed by atoms with Crippen molar-refractivity contribution >= 4 is 21.8 Å². The summed E-state index contributed by atoms with van der Waals surface area (Å²) in [6.07, 6.45) is 4.91. The van der Waals surface area contributed by atoms with Crippen LogP contribution in [0.5, 0.6) is 5.75 Å². The van der Waals surface area contributed by atoms with Crippen molar-refractivity contribution in [2.75, 3.05) is 11.0 Å². The van der Waals surface area contributed by atoms with Crippen molar-refractivity contribution in [2.24, 2.45) is 0 Å². The number of allylic oxidation sites excluding steroid dienone is 1. The van der Waals surface area contributed by atoms with Crippen molar-refractivity contribution in [3.05, 3.63) is 65.7 Å². The quantitative estimate of drug-likeness (QED) is 0.884. The Labute approximate surface area is 131 Å². The lowest BCUT2D eigenvalue weighted by atomic mass is 10.2. The number of hydrogen-bond donors (Lipinski definition) is 1. The zero-order valence-corrected chi connectivity index (χ0v) is 13.4. The van der Waals surface area contributed by atoms with Crippen molar-refractivity contribution in [3.63, 3.8) is 0 Å². The van der Waals surface area contributed by atoms with Gasteiger partial charge in [-0.15, -0.1) is 0 Å². The van der Waals surface area contributed by atoms with Gasteiger partial charge in [0, 0.05) is 0 Å². The second-order valence-electron chi connectivity index (χ2n) is 4.90. The minimum absolute atomic E-state index is 0.377. The molecule has 4 nitrogen and oxygen atoms in total. The lowest BCUT2D eigenvalue weighted by Crippen LogP contribution is -2.11. The third-order valence-electron chi connectivity index (χ3n) is 2.90. The maximum absolute atomic E-state index is 11.5. The van der Waals surface area contributed by atoms with Crippen LogP contribution in [-0.2, 0) is 16.6 Å². The highest BCUT2D eigenvalue weighted by Gasteiger charge is 2.09. The normalized spacial score (nSPS) is 11.5. The predicted molar refractivity (Wildman–Crippen MR) is 90.4 cm³/mol. The molecule has 5 heteroatoms. The highest BCUT2D eigenvalue weighted by Crippen LogP contribution is 2.28. The number of rotatable bonds is 6. The number of anilines is 1. The molecule has 0 aliphatic rings. The van der Waals surface area contributed by atoms with Gasteiger partial charge in [-0.1, -0.05) is 48.6 Å². The number of ether oxygens (including phenoxy) is 1. The molecule has 0 aliphatic carbocycles. The summed E-state index contributed by atoms with van der Waals surface area (Å²) in [5.74, 6) is 0.502. The van der Waals surface area contributed by atoms with Crippen molar-refractivity contribution in [1.82, 2.24) is 0 Å². The number of nitrogens with one attached hydrogen (secondary N) is 1. The van der Waals surface area contributed by atoms with Gasteiger partial charge in [0.25, 0.3) is 0 Å². The van der Waals surface area contributed by atoms with E-state index in [0.29, 0.717) is 18.0 Å². The van der Waals surface area contributed by atoms with Gasteiger partial charge in [0.05, 0.1) is 11.9 Å². The summed E-state index contributed by atoms with van der Waals surface area (Å²) < 4.78 is 31.3. The first-order valence-electron chi connectivity index (χ1n) is 6.89. The molecule has 0 saturated carbocycles. The van der Waals surface area contributed by atoms with Crippen LogP contribution in [0.4, 0.5) is 5.69 Å². The van der Waals surface area contributed by atoms with Gasteiger partial charge in [0.15, 0.2) is 0 Å². The largest absolute Gasteiger partial charge is 0.487 e. The maximum atomic E-state index is 11.5. The number of benzene rings is 2. The Kier molecular flexibility index (Phi) is 5.22. The standard InChI is InChI=1S/C17H19NO3S/c1-3-7-14-10-11-17(16(12-14)18-22(2,19)20)21-13-15-8-5-4-6-9-15/h3-12,18H,13H2,1-2H3/b7-3+. The van der Waals surface area contributed by atoms with Gasteiger partial charge in [-0.2, -0.15) is 0 Å². The fourth-order valence-electron chi connectivity index (χ4n) is 1.98. The number of hydrogen-bond acceptors (Lipinski definition) is 3. The zero-order chi connectivity index (χ0) is 16.0. The Morgan fingerprint density at radius 1 is 1.14 bits per heavy atom. The molecule has 2 aromatic carbocycles. The molecule has 1 N–H and O–H groups in total. The lowest BCUT2D eigenvalue weighted by Gasteiger charge is -2.13. The Bertz CT molecular complexity index is 753. The van der Waals surface area contributed by atoms with Crippen molar-refractivity contribution in [3.8, 4) is 5.75 Å². The summed E-state index contributed by atoms with van der Waals surface area (Å²) >= 11 is 0. The average molecular weight is 317 g/mol. The van der Waals surface area contributed by atoms with E-state index in [1.54, 1.807) is 12.1 Å². The van der Waals surface area contributed by atoms with Crippen LogP contribution in [0.1, 0.15) is 18.1 Å². The second-order valence-corrected chi connectivity index (χ2v) is 6.65. The molecular weight excluding hydrogens is 298 g/mol. The van der Waals surface area contributed by atoms with E-state index in [1.165, 1.54) is 0 Å². The van der Waals surface area contributed by atoms with Crippen molar-refractivity contribution < 1.29 is 13.2 Å². The summed E-state index contributed by atoms with van der Waals surface area (Å²) in [6.45, 7) is 2.28. The van der Waals surface area contributed by atoms with E-state index >= 15 is 0 Å². The molecule has 2 aromatic rings. The molecule has 0 unspecified atom stereocenters. The van der Waals surface area contributed by atoms with E-state index < -0.39 is 10.0 Å². The van der Waals surface area contributed by atoms with Gasteiger partial charge < -0.3 is 4.74 Å². The molecule has 0 atom stereocenters. The van der Waals surface area contributed by atoms with Crippen LogP contribution in [0.2, 0.25) is 0 Å². The predicted octanol–water partition coefficient (Wildman–Crippen LogP) is 3.67. The molecule has 22 heavy (non-hydrogen) atoms. The van der Waals surface area contributed by atoms with E-state index in [4.69, 9.17) is 4.74 Å². The molecule has 0 amide bonds. The Morgan fingerprint density at radius 2 is 1.86 bits per heavy atom. The number of sulfonamides is 1.